The third kappa shape index (κ3) is 3.56. The molecule has 1 atom stereocenters. The fourth-order valence-electron chi connectivity index (χ4n) is 3.50. The van der Waals surface area contributed by atoms with Crippen molar-refractivity contribution in [2.75, 3.05) is 23.4 Å². The van der Waals surface area contributed by atoms with E-state index in [0.717, 1.165) is 5.56 Å². The van der Waals surface area contributed by atoms with Crippen molar-refractivity contribution in [3.8, 4) is 0 Å². The first-order valence-corrected chi connectivity index (χ1v) is 10.5. The molecule has 3 rings (SSSR count). The van der Waals surface area contributed by atoms with Gasteiger partial charge in [-0.05, 0) is 50.8 Å². The number of carbonyl (C=O) groups excluding carboxylic acids is 2. The van der Waals surface area contributed by atoms with Crippen LogP contribution in [0.1, 0.15) is 31.7 Å². The van der Waals surface area contributed by atoms with Crippen molar-refractivity contribution in [3.05, 3.63) is 29.8 Å². The number of aryl methyl sites for hydroxylation is 1. The predicted octanol–water partition coefficient (Wildman–Crippen LogP) is 1.75. The summed E-state index contributed by atoms with van der Waals surface area (Å²) in [4.78, 5) is 27.4. The third-order valence-corrected chi connectivity index (χ3v) is 6.87. The quantitative estimate of drug-likeness (QED) is 0.807. The number of sulfone groups is 1. The Balaban J connectivity index is 1.74. The Labute approximate surface area is 148 Å². The molecule has 7 heteroatoms. The van der Waals surface area contributed by atoms with Gasteiger partial charge in [0.2, 0.25) is 11.8 Å². The zero-order valence-corrected chi connectivity index (χ0v) is 15.4. The van der Waals surface area contributed by atoms with Crippen LogP contribution in [0.2, 0.25) is 0 Å². The first-order chi connectivity index (χ1) is 11.8. The molecule has 2 fully saturated rings. The van der Waals surface area contributed by atoms with Gasteiger partial charge in [0.25, 0.3) is 0 Å². The molecule has 6 nitrogen and oxygen atoms in total. The molecule has 0 bridgehead atoms. The summed E-state index contributed by atoms with van der Waals surface area (Å²) in [6.45, 7) is 4.18. The zero-order valence-electron chi connectivity index (χ0n) is 14.6. The summed E-state index contributed by atoms with van der Waals surface area (Å²) in [6.07, 6.45) is 1.48. The molecule has 0 spiro atoms. The minimum absolute atomic E-state index is 0.00214. The van der Waals surface area contributed by atoms with Gasteiger partial charge in [0.15, 0.2) is 9.84 Å². The monoisotopic (exact) mass is 364 g/mol. The largest absolute Gasteiger partial charge is 0.338 e. The van der Waals surface area contributed by atoms with E-state index in [9.17, 15) is 18.0 Å². The number of hydrogen-bond acceptors (Lipinski definition) is 4. The van der Waals surface area contributed by atoms with Gasteiger partial charge in [-0.2, -0.15) is 0 Å². The Kier molecular flexibility index (Phi) is 4.62. The molecule has 1 unspecified atom stereocenters. The van der Waals surface area contributed by atoms with Crippen LogP contribution in [0.5, 0.6) is 0 Å². The molecular formula is C18H24N2O4S. The van der Waals surface area contributed by atoms with Gasteiger partial charge in [-0.25, -0.2) is 8.42 Å². The average molecular weight is 364 g/mol. The maximum Gasteiger partial charge on any atom is 0.240 e. The highest BCUT2D eigenvalue weighted by Gasteiger charge is 2.58. The minimum Gasteiger partial charge on any atom is -0.338 e. The number of carbonyl (C=O) groups is 2. The van der Waals surface area contributed by atoms with Crippen LogP contribution < -0.4 is 5.32 Å². The first kappa shape index (κ1) is 17.9. The maximum absolute atomic E-state index is 13.0. The fourth-order valence-corrected chi connectivity index (χ4v) is 5.23. The van der Waals surface area contributed by atoms with E-state index in [0.29, 0.717) is 31.5 Å². The minimum atomic E-state index is -3.08. The fraction of sp³-hybridized carbons (Fsp3) is 0.556. The lowest BCUT2D eigenvalue weighted by Gasteiger charge is -2.30. The summed E-state index contributed by atoms with van der Waals surface area (Å²) in [5.74, 6) is -0.406. The van der Waals surface area contributed by atoms with Crippen LogP contribution in [-0.4, -0.2) is 49.2 Å². The van der Waals surface area contributed by atoms with Crippen molar-refractivity contribution in [2.24, 2.45) is 5.41 Å². The first-order valence-electron chi connectivity index (χ1n) is 8.67. The van der Waals surface area contributed by atoms with Crippen LogP contribution in [0.15, 0.2) is 24.3 Å². The number of hydrogen-bond donors (Lipinski definition) is 1. The van der Waals surface area contributed by atoms with Gasteiger partial charge in [-0.15, -0.1) is 0 Å². The van der Waals surface area contributed by atoms with E-state index in [1.54, 1.807) is 11.0 Å². The predicted molar refractivity (Wildman–Crippen MR) is 95.9 cm³/mol. The summed E-state index contributed by atoms with van der Waals surface area (Å²) in [5.41, 5.74) is 0.669. The second-order valence-corrected chi connectivity index (χ2v) is 9.28. The molecule has 25 heavy (non-hydrogen) atoms. The molecule has 1 heterocycles. The van der Waals surface area contributed by atoms with Gasteiger partial charge in [0.05, 0.1) is 11.5 Å². The zero-order chi connectivity index (χ0) is 18.2. The second-order valence-electron chi connectivity index (χ2n) is 7.05. The lowest BCUT2D eigenvalue weighted by atomic mass is 10.0. The van der Waals surface area contributed by atoms with E-state index in [1.165, 1.54) is 0 Å². The van der Waals surface area contributed by atoms with Crippen LogP contribution in [0.4, 0.5) is 5.69 Å². The van der Waals surface area contributed by atoms with Crippen molar-refractivity contribution in [3.63, 3.8) is 0 Å². The topological polar surface area (TPSA) is 83.6 Å². The van der Waals surface area contributed by atoms with Crippen molar-refractivity contribution in [2.45, 2.75) is 39.2 Å². The van der Waals surface area contributed by atoms with Crippen LogP contribution in [0.3, 0.4) is 0 Å². The standard InChI is InChI=1S/C18H24N2O4S/c1-3-20(15-7-10-25(23,24)12-15)17(22)18(8-9-18)16(21)19-14-6-4-5-13(2)11-14/h4-6,11,15H,3,7-10,12H2,1-2H3,(H,19,21). The third-order valence-electron chi connectivity index (χ3n) is 5.12. The van der Waals surface area contributed by atoms with Gasteiger partial charge >= 0.3 is 0 Å². The normalized spacial score (nSPS) is 23.0. The Morgan fingerprint density at radius 3 is 2.56 bits per heavy atom. The van der Waals surface area contributed by atoms with Gasteiger partial charge in [-0.1, -0.05) is 12.1 Å². The Morgan fingerprint density at radius 2 is 2.04 bits per heavy atom. The molecule has 1 saturated heterocycles. The van der Waals surface area contributed by atoms with Crippen LogP contribution in [0.25, 0.3) is 0 Å². The maximum atomic E-state index is 13.0. The molecular weight excluding hydrogens is 340 g/mol. The van der Waals surface area contributed by atoms with Gasteiger partial charge < -0.3 is 10.2 Å². The summed E-state index contributed by atoms with van der Waals surface area (Å²) in [6, 6.07) is 7.14. The highest BCUT2D eigenvalue weighted by atomic mass is 32.2. The number of benzene rings is 1. The summed E-state index contributed by atoms with van der Waals surface area (Å²) in [7, 11) is -3.08. The van der Waals surface area contributed by atoms with Gasteiger partial charge in [-0.3, -0.25) is 9.59 Å². The van der Waals surface area contributed by atoms with E-state index in [4.69, 9.17) is 0 Å². The Hall–Kier alpha value is -1.89. The van der Waals surface area contributed by atoms with E-state index >= 15 is 0 Å². The highest BCUT2D eigenvalue weighted by Crippen LogP contribution is 2.48. The molecule has 1 aliphatic carbocycles. The van der Waals surface area contributed by atoms with Crippen LogP contribution >= 0.6 is 0 Å². The van der Waals surface area contributed by atoms with Gasteiger partial charge in [0.1, 0.15) is 5.41 Å². The number of amides is 2. The SMILES string of the molecule is CCN(C(=O)C1(C(=O)Nc2cccc(C)c2)CC1)C1CCS(=O)(=O)C1. The van der Waals surface area contributed by atoms with Crippen molar-refractivity contribution in [1.29, 1.82) is 0 Å². The molecule has 1 aliphatic heterocycles. The van der Waals surface area contributed by atoms with Crippen molar-refractivity contribution >= 4 is 27.3 Å². The molecule has 1 aromatic rings. The average Bonchev–Trinajstić information content (AvgIpc) is 3.28. The lowest BCUT2D eigenvalue weighted by Crippen LogP contribution is -2.48. The van der Waals surface area contributed by atoms with E-state index in [1.807, 2.05) is 32.0 Å². The second kappa shape index (κ2) is 6.44. The molecule has 1 N–H and O–H groups in total. The molecule has 0 aromatic heterocycles. The van der Waals surface area contributed by atoms with Gasteiger partial charge in [0, 0.05) is 18.3 Å². The lowest BCUT2D eigenvalue weighted by molar-refractivity contribution is -0.143. The summed E-state index contributed by atoms with van der Waals surface area (Å²) >= 11 is 0. The van der Waals surface area contributed by atoms with Crippen molar-refractivity contribution in [1.82, 2.24) is 4.90 Å². The number of nitrogens with one attached hydrogen (secondary N) is 1. The molecule has 1 aromatic carbocycles. The van der Waals surface area contributed by atoms with Crippen LogP contribution in [0, 0.1) is 12.3 Å². The number of anilines is 1. The Morgan fingerprint density at radius 1 is 1.32 bits per heavy atom. The smallest absolute Gasteiger partial charge is 0.240 e. The van der Waals surface area contributed by atoms with E-state index in [-0.39, 0.29) is 29.4 Å². The summed E-state index contributed by atoms with van der Waals surface area (Å²) < 4.78 is 23.5. The number of nitrogens with zero attached hydrogens (tertiary/aromatic N) is 1. The van der Waals surface area contributed by atoms with E-state index in [2.05, 4.69) is 5.32 Å². The molecule has 2 aliphatic rings. The summed E-state index contributed by atoms with van der Waals surface area (Å²) in [5, 5.41) is 2.85. The van der Waals surface area contributed by atoms with Crippen LogP contribution in [-0.2, 0) is 19.4 Å². The molecule has 1 saturated carbocycles. The Bertz CT molecular complexity index is 799. The highest BCUT2D eigenvalue weighted by molar-refractivity contribution is 7.91. The van der Waals surface area contributed by atoms with Crippen molar-refractivity contribution < 1.29 is 18.0 Å². The molecule has 0 radical (unpaired) electrons. The number of rotatable bonds is 5. The molecule has 2 amide bonds. The van der Waals surface area contributed by atoms with E-state index < -0.39 is 15.3 Å². The molecule has 136 valence electrons.